The van der Waals surface area contributed by atoms with Crippen LogP contribution in [-0.4, -0.2) is 62.8 Å². The maximum absolute atomic E-state index is 12.6. The molecule has 0 aromatic carbocycles. The molecule has 7 heteroatoms. The number of aromatic nitrogens is 3. The number of nitrogens with zero attached hydrogens (tertiary/aromatic N) is 5. The highest BCUT2D eigenvalue weighted by Gasteiger charge is 2.22. The van der Waals surface area contributed by atoms with Crippen LogP contribution in [0.25, 0.3) is 0 Å². The van der Waals surface area contributed by atoms with Crippen molar-refractivity contribution < 1.29 is 9.90 Å². The number of rotatable bonds is 6. The predicted molar refractivity (Wildman–Crippen MR) is 98.3 cm³/mol. The number of aliphatic hydroxyl groups excluding tert-OH is 1. The van der Waals surface area contributed by atoms with Crippen molar-refractivity contribution in [1.29, 1.82) is 0 Å². The van der Waals surface area contributed by atoms with Gasteiger partial charge in [0, 0.05) is 38.4 Å². The van der Waals surface area contributed by atoms with Gasteiger partial charge in [-0.05, 0) is 44.6 Å². The highest BCUT2D eigenvalue weighted by Crippen LogP contribution is 2.19. The van der Waals surface area contributed by atoms with Gasteiger partial charge in [0.1, 0.15) is 6.10 Å². The Hall–Kier alpha value is -2.25. The molecule has 2 aromatic heterocycles. The van der Waals surface area contributed by atoms with Gasteiger partial charge in [-0.3, -0.25) is 14.5 Å². The van der Waals surface area contributed by atoms with E-state index in [1.54, 1.807) is 6.20 Å². The molecule has 1 amide bonds. The smallest absolute Gasteiger partial charge is 0.223 e. The van der Waals surface area contributed by atoms with E-state index in [9.17, 15) is 9.90 Å². The quantitative estimate of drug-likeness (QED) is 0.842. The summed E-state index contributed by atoms with van der Waals surface area (Å²) in [6.07, 6.45) is 4.99. The second-order valence-corrected chi connectivity index (χ2v) is 7.09. The minimum Gasteiger partial charge on any atom is -0.385 e. The van der Waals surface area contributed by atoms with Gasteiger partial charge in [0.25, 0.3) is 0 Å². The summed E-state index contributed by atoms with van der Waals surface area (Å²) in [4.78, 5) is 20.6. The number of carbonyl (C=O) groups excluding carboxylic acids is 1. The number of hydrogen-bond donors (Lipinski definition) is 1. The molecule has 3 heterocycles. The Morgan fingerprint density at radius 3 is 2.96 bits per heavy atom. The van der Waals surface area contributed by atoms with Crippen LogP contribution < -0.4 is 0 Å². The number of aliphatic hydroxyl groups is 1. The van der Waals surface area contributed by atoms with Gasteiger partial charge in [-0.1, -0.05) is 6.07 Å². The van der Waals surface area contributed by atoms with E-state index in [1.807, 2.05) is 53.0 Å². The van der Waals surface area contributed by atoms with E-state index in [2.05, 4.69) is 10.1 Å². The first-order valence-electron chi connectivity index (χ1n) is 9.09. The van der Waals surface area contributed by atoms with Crippen LogP contribution >= 0.6 is 0 Å². The molecule has 1 atom stereocenters. The van der Waals surface area contributed by atoms with Gasteiger partial charge in [0.2, 0.25) is 5.91 Å². The molecule has 0 spiro atoms. The molecule has 140 valence electrons. The molecule has 1 aliphatic rings. The fraction of sp³-hybridized carbons (Fsp3) is 0.526. The normalized spacial score (nSPS) is 15.6. The maximum atomic E-state index is 12.6. The predicted octanol–water partition coefficient (Wildman–Crippen LogP) is 1.24. The fourth-order valence-electron chi connectivity index (χ4n) is 3.26. The maximum Gasteiger partial charge on any atom is 0.223 e. The largest absolute Gasteiger partial charge is 0.385 e. The monoisotopic (exact) mass is 357 g/mol. The van der Waals surface area contributed by atoms with Crippen molar-refractivity contribution in [2.45, 2.75) is 38.5 Å². The third-order valence-electron chi connectivity index (χ3n) is 4.62. The standard InChI is InChI=1S/C19H27N5O2/c1-22(2)14-18(25)17-11-16-13-23(9-4-10-24(16)21-17)19(26)7-6-15-5-3-8-20-12-15/h3,5,8,11-12,18,25H,4,6-7,9-10,13-14H2,1-2H3/t18-/m0/s1. The molecule has 0 bridgehead atoms. The molecule has 2 aromatic rings. The Morgan fingerprint density at radius 1 is 1.38 bits per heavy atom. The highest BCUT2D eigenvalue weighted by atomic mass is 16.3. The van der Waals surface area contributed by atoms with E-state index in [4.69, 9.17) is 0 Å². The van der Waals surface area contributed by atoms with Crippen molar-refractivity contribution in [1.82, 2.24) is 24.6 Å². The van der Waals surface area contributed by atoms with Crippen molar-refractivity contribution in [3.63, 3.8) is 0 Å². The van der Waals surface area contributed by atoms with E-state index >= 15 is 0 Å². The van der Waals surface area contributed by atoms with Gasteiger partial charge in [-0.15, -0.1) is 0 Å². The summed E-state index contributed by atoms with van der Waals surface area (Å²) in [5.41, 5.74) is 2.75. The molecular weight excluding hydrogens is 330 g/mol. The van der Waals surface area contributed by atoms with E-state index in [0.29, 0.717) is 31.6 Å². The number of likely N-dealkylation sites (N-methyl/N-ethyl adjacent to an activating group) is 1. The highest BCUT2D eigenvalue weighted by molar-refractivity contribution is 5.76. The van der Waals surface area contributed by atoms with Crippen molar-refractivity contribution in [3.05, 3.63) is 47.5 Å². The average molecular weight is 357 g/mol. The minimum absolute atomic E-state index is 0.152. The summed E-state index contributed by atoms with van der Waals surface area (Å²) < 4.78 is 1.93. The molecule has 0 saturated heterocycles. The first kappa shape index (κ1) is 18.5. The molecule has 1 aliphatic heterocycles. The first-order valence-corrected chi connectivity index (χ1v) is 9.09. The lowest BCUT2D eigenvalue weighted by molar-refractivity contribution is -0.131. The first-order chi connectivity index (χ1) is 12.5. The topological polar surface area (TPSA) is 74.5 Å². The lowest BCUT2D eigenvalue weighted by Gasteiger charge is -2.20. The Morgan fingerprint density at radius 2 is 2.23 bits per heavy atom. The molecule has 7 nitrogen and oxygen atoms in total. The number of pyridine rings is 1. The van der Waals surface area contributed by atoms with Crippen LogP contribution in [-0.2, 0) is 24.3 Å². The zero-order valence-corrected chi connectivity index (χ0v) is 15.5. The van der Waals surface area contributed by atoms with Gasteiger partial charge >= 0.3 is 0 Å². The zero-order valence-electron chi connectivity index (χ0n) is 15.5. The zero-order chi connectivity index (χ0) is 18.5. The summed E-state index contributed by atoms with van der Waals surface area (Å²) in [6, 6.07) is 5.82. The Bertz CT molecular complexity index is 729. The molecule has 0 saturated carbocycles. The van der Waals surface area contributed by atoms with Crippen molar-refractivity contribution in [3.8, 4) is 0 Å². The average Bonchev–Trinajstić information content (AvgIpc) is 2.92. The van der Waals surface area contributed by atoms with Crippen LogP contribution in [0.15, 0.2) is 30.6 Å². The van der Waals surface area contributed by atoms with E-state index in [0.717, 1.165) is 30.8 Å². The van der Waals surface area contributed by atoms with Crippen LogP contribution in [0.5, 0.6) is 0 Å². The third-order valence-corrected chi connectivity index (χ3v) is 4.62. The summed E-state index contributed by atoms with van der Waals surface area (Å²) in [6.45, 7) is 2.60. The number of carbonyl (C=O) groups is 1. The second-order valence-electron chi connectivity index (χ2n) is 7.09. The van der Waals surface area contributed by atoms with Crippen LogP contribution in [0.4, 0.5) is 0 Å². The van der Waals surface area contributed by atoms with E-state index < -0.39 is 6.10 Å². The van der Waals surface area contributed by atoms with Gasteiger partial charge in [0.05, 0.1) is 17.9 Å². The van der Waals surface area contributed by atoms with Crippen LogP contribution in [0.3, 0.4) is 0 Å². The van der Waals surface area contributed by atoms with Gasteiger partial charge in [0.15, 0.2) is 0 Å². The summed E-state index contributed by atoms with van der Waals surface area (Å²) >= 11 is 0. The molecule has 0 aliphatic carbocycles. The summed E-state index contributed by atoms with van der Waals surface area (Å²) in [5.74, 6) is 0.152. The molecule has 0 fully saturated rings. The van der Waals surface area contributed by atoms with Crippen LogP contribution in [0.2, 0.25) is 0 Å². The molecule has 0 unspecified atom stereocenters. The number of aryl methyl sites for hydroxylation is 2. The van der Waals surface area contributed by atoms with E-state index in [1.165, 1.54) is 0 Å². The SMILES string of the molecule is CN(C)C[C@H](O)c1cc2n(n1)CCCN(C(=O)CCc1cccnc1)C2. The Kier molecular flexibility index (Phi) is 6.00. The number of amides is 1. The lowest BCUT2D eigenvalue weighted by Crippen LogP contribution is -2.30. The van der Waals surface area contributed by atoms with Crippen molar-refractivity contribution in [2.24, 2.45) is 0 Å². The molecule has 3 rings (SSSR count). The second kappa shape index (κ2) is 8.42. The molecule has 1 N–H and O–H groups in total. The third kappa shape index (κ3) is 4.68. The molecule has 26 heavy (non-hydrogen) atoms. The van der Waals surface area contributed by atoms with Crippen molar-refractivity contribution in [2.75, 3.05) is 27.2 Å². The van der Waals surface area contributed by atoms with Gasteiger partial charge in [-0.2, -0.15) is 5.10 Å². The Labute approximate surface area is 154 Å². The van der Waals surface area contributed by atoms with Gasteiger partial charge in [-0.25, -0.2) is 0 Å². The minimum atomic E-state index is -0.612. The number of hydrogen-bond acceptors (Lipinski definition) is 5. The van der Waals surface area contributed by atoms with Crippen LogP contribution in [0.1, 0.15) is 35.9 Å². The molecule has 0 radical (unpaired) electrons. The van der Waals surface area contributed by atoms with E-state index in [-0.39, 0.29) is 5.91 Å². The molecular formula is C19H27N5O2. The summed E-state index contributed by atoms with van der Waals surface area (Å²) in [5, 5.41) is 14.8. The van der Waals surface area contributed by atoms with Gasteiger partial charge < -0.3 is 14.9 Å². The van der Waals surface area contributed by atoms with Crippen LogP contribution in [0, 0.1) is 0 Å². The Balaban J connectivity index is 1.63. The fourth-order valence-corrected chi connectivity index (χ4v) is 3.26. The summed E-state index contributed by atoms with van der Waals surface area (Å²) in [7, 11) is 3.85. The number of fused-ring (bicyclic) bond motifs is 1. The van der Waals surface area contributed by atoms with Crippen molar-refractivity contribution >= 4 is 5.91 Å². The lowest BCUT2D eigenvalue weighted by atomic mass is 10.1.